The average Bonchev–Trinajstić information content (AvgIpc) is 0.743. The van der Waals surface area contributed by atoms with E-state index in [1.807, 2.05) is 45.9 Å². The molecule has 0 amide bonds. The summed E-state index contributed by atoms with van der Waals surface area (Å²) in [5, 5.41) is 11.4. The molecule has 456 valence electrons. The van der Waals surface area contributed by atoms with Crippen LogP contribution in [0.3, 0.4) is 0 Å². The van der Waals surface area contributed by atoms with Crippen LogP contribution in [0.25, 0.3) is 66.2 Å². The van der Waals surface area contributed by atoms with Crippen molar-refractivity contribution < 1.29 is 17.8 Å². The summed E-state index contributed by atoms with van der Waals surface area (Å²) in [4.78, 5) is 7.42. The number of benzene rings is 6. The molecule has 0 bridgehead atoms. The van der Waals surface area contributed by atoms with Gasteiger partial charge in [-0.25, -0.2) is 13.7 Å². The van der Waals surface area contributed by atoms with Gasteiger partial charge in [-0.2, -0.15) is 0 Å². The first-order valence-electron chi connectivity index (χ1n) is 34.0. The highest BCUT2D eigenvalue weighted by molar-refractivity contribution is 6.82. The minimum Gasteiger partial charge on any atom is -0.290 e. The van der Waals surface area contributed by atoms with Crippen molar-refractivity contribution in [1.29, 1.82) is 0 Å². The zero-order chi connectivity index (χ0) is 67.2. The van der Waals surface area contributed by atoms with Crippen LogP contribution in [0.4, 0.5) is 17.5 Å². The van der Waals surface area contributed by atoms with Gasteiger partial charge in [0.2, 0.25) is 0 Å². The SMILES string of the molecule is CB1C(C(C)(C)C)=c2ccccc2=C(C)N1c1cc(C)c2ccccc2[n+]1C.[2H]C(C)(C)c1cc(N2B(C)C(C(C)(C)C)=c3ccccc3=C2C)[n+](C)c2ccccc12.[2H]C([2H])(c1cc(N2B(C)C(C(C)(C)C)=c3ccccc3=C2C)[n+](C)c2ccccc12)C(C)C. The van der Waals surface area contributed by atoms with E-state index < -0.39 is 12.3 Å². The monoisotopic (exact) mass is 1180 g/mol. The smallest absolute Gasteiger partial charge is 0.290 e. The summed E-state index contributed by atoms with van der Waals surface area (Å²) < 4.78 is 33.7. The second-order valence-corrected chi connectivity index (χ2v) is 29.1. The third-order valence-electron chi connectivity index (χ3n) is 19.2. The van der Waals surface area contributed by atoms with Gasteiger partial charge in [0.1, 0.15) is 16.6 Å². The minimum absolute atomic E-state index is 0.000738. The molecule has 3 aromatic heterocycles. The number of para-hydroxylation sites is 3. The van der Waals surface area contributed by atoms with Crippen molar-refractivity contribution in [2.75, 3.05) is 14.4 Å². The molecule has 0 spiro atoms. The molecule has 0 saturated carbocycles. The summed E-state index contributed by atoms with van der Waals surface area (Å²) in [5.74, 6) is 2.58. The number of hydrogen-bond donors (Lipinski definition) is 0. The molecule has 3 aliphatic heterocycles. The summed E-state index contributed by atoms with van der Waals surface area (Å²) in [6, 6.07) is 58.4. The number of aryl methyl sites for hydroxylation is 4. The van der Waals surface area contributed by atoms with E-state index in [2.05, 4.69) is 305 Å². The van der Waals surface area contributed by atoms with E-state index in [1.165, 1.54) is 87.1 Å². The molecule has 89 heavy (non-hydrogen) atoms. The number of nitrogens with zero attached hydrogens (tertiary/aromatic N) is 6. The van der Waals surface area contributed by atoms with E-state index in [4.69, 9.17) is 4.11 Å². The van der Waals surface area contributed by atoms with Gasteiger partial charge in [0, 0.05) is 54.1 Å². The Bertz CT molecular complexity index is 4810. The standard InChI is InChI=1S/C28H36BN2.C27H34BN2.C25H30BN2/c1-19(2)17-21-18-26(30(8)25-16-12-11-14-23(21)25)31-20(3)22-13-9-10-15-24(22)27(29(31)7)28(4,5)6;1-18(2)23-17-25(29(8)24-16-12-11-14-21(23)24)30-19(3)20-13-9-10-15-22(20)26(28(30)7)27(4,5)6;1-17-16-23(27(7)22-15-11-10-12-19(17)22)28-18(2)20-13-8-9-14-21(20)24(26(28)6)25(3,4)5/h9-16,18-19H,17H2,1-8H3;9-18H,1-8H3;8-16H,1-7H3/q3*+1/i17D2;18D;. The molecule has 0 radical (unpaired) electrons. The molecule has 0 fully saturated rings. The number of fused-ring (bicyclic) bond motifs is 6. The van der Waals surface area contributed by atoms with Gasteiger partial charge in [-0.3, -0.25) is 14.4 Å². The van der Waals surface area contributed by atoms with Crippen molar-refractivity contribution in [3.8, 4) is 0 Å². The average molecular weight is 1180 g/mol. The maximum Gasteiger partial charge on any atom is 0.406 e. The lowest BCUT2D eigenvalue weighted by Crippen LogP contribution is -2.55. The Balaban J connectivity index is 0.000000152. The highest BCUT2D eigenvalue weighted by Crippen LogP contribution is 2.39. The van der Waals surface area contributed by atoms with Crippen molar-refractivity contribution in [1.82, 2.24) is 0 Å². The van der Waals surface area contributed by atoms with Crippen molar-refractivity contribution in [3.63, 3.8) is 0 Å². The van der Waals surface area contributed by atoms with Crippen molar-refractivity contribution in [3.05, 3.63) is 212 Å². The van der Waals surface area contributed by atoms with Crippen molar-refractivity contribution in [2.24, 2.45) is 43.3 Å². The van der Waals surface area contributed by atoms with Crippen LogP contribution in [0.5, 0.6) is 0 Å². The van der Waals surface area contributed by atoms with Crippen LogP contribution in [0.15, 0.2) is 164 Å². The maximum absolute atomic E-state index is 8.97. The van der Waals surface area contributed by atoms with Crippen LogP contribution in [0.2, 0.25) is 20.5 Å². The lowest BCUT2D eigenvalue weighted by Gasteiger charge is -2.34. The molecule has 0 unspecified atom stereocenters. The molecule has 0 N–H and O–H groups in total. The molecule has 12 rings (SSSR count). The summed E-state index contributed by atoms with van der Waals surface area (Å²) in [5.41, 5.74) is 14.9. The first-order valence-corrected chi connectivity index (χ1v) is 32.5. The van der Waals surface area contributed by atoms with Crippen LogP contribution in [0, 0.1) is 29.1 Å². The molecule has 0 aliphatic carbocycles. The zero-order valence-corrected chi connectivity index (χ0v) is 58.1. The Kier molecular flexibility index (Phi) is 16.7. The molecule has 6 nitrogen and oxygen atoms in total. The van der Waals surface area contributed by atoms with E-state index in [0.717, 1.165) is 44.6 Å². The molecular weight excluding hydrogens is 1080 g/mol. The molecule has 9 heteroatoms. The van der Waals surface area contributed by atoms with Gasteiger partial charge < -0.3 is 0 Å². The molecule has 9 aromatic rings. The lowest BCUT2D eigenvalue weighted by molar-refractivity contribution is -0.631. The Morgan fingerprint density at radius 2 is 0.697 bits per heavy atom. The van der Waals surface area contributed by atoms with Crippen LogP contribution in [0.1, 0.15) is 137 Å². The van der Waals surface area contributed by atoms with E-state index in [9.17, 15) is 0 Å². The summed E-state index contributed by atoms with van der Waals surface area (Å²) in [6.07, 6.45) is -1.44. The summed E-state index contributed by atoms with van der Waals surface area (Å²) >= 11 is 0. The van der Waals surface area contributed by atoms with Crippen LogP contribution in [-0.2, 0) is 27.5 Å². The van der Waals surface area contributed by atoms with Crippen molar-refractivity contribution >= 4 is 104 Å². The molecule has 6 heterocycles. The highest BCUT2D eigenvalue weighted by atomic mass is 15.2. The second-order valence-electron chi connectivity index (χ2n) is 29.1. The van der Waals surface area contributed by atoms with Gasteiger partial charge in [-0.05, 0) is 150 Å². The fourth-order valence-electron chi connectivity index (χ4n) is 15.6. The van der Waals surface area contributed by atoms with Gasteiger partial charge in [0.15, 0.2) is 0 Å². The first kappa shape index (κ1) is 60.3. The van der Waals surface area contributed by atoms with Crippen LogP contribution < -0.4 is 59.4 Å². The van der Waals surface area contributed by atoms with Crippen molar-refractivity contribution in [2.45, 2.75) is 150 Å². The van der Waals surface area contributed by atoms with Crippen LogP contribution >= 0.6 is 0 Å². The number of pyridine rings is 3. The fraction of sp³-hybridized carbons (Fsp3) is 0.362. The van der Waals surface area contributed by atoms with E-state index >= 15 is 0 Å². The molecule has 0 atom stereocenters. The van der Waals surface area contributed by atoms with Gasteiger partial charge in [-0.15, -0.1) is 0 Å². The number of hydrogen-bond acceptors (Lipinski definition) is 3. The predicted octanol–water partition coefficient (Wildman–Crippen LogP) is 13.6. The zero-order valence-electron chi connectivity index (χ0n) is 61.1. The fourth-order valence-corrected chi connectivity index (χ4v) is 15.6. The summed E-state index contributed by atoms with van der Waals surface area (Å²) in [7, 11) is 6.44. The van der Waals surface area contributed by atoms with Crippen LogP contribution in [-0.4, -0.2) is 20.5 Å². The Labute approximate surface area is 539 Å². The predicted molar refractivity (Wildman–Crippen MR) is 388 cm³/mol. The van der Waals surface area contributed by atoms with E-state index in [-0.39, 0.29) is 35.9 Å². The highest BCUT2D eigenvalue weighted by Gasteiger charge is 2.45. The van der Waals surface area contributed by atoms with E-state index in [1.54, 1.807) is 0 Å². The number of anilines is 3. The number of aromatic nitrogens is 3. The third kappa shape index (κ3) is 11.8. The maximum atomic E-state index is 8.97. The Morgan fingerprint density at radius 1 is 0.404 bits per heavy atom. The molecular formula is C80H100B3N6+3. The minimum atomic E-state index is -1.44. The molecule has 3 aliphatic rings. The van der Waals surface area contributed by atoms with E-state index in [0.29, 0.717) is 6.85 Å². The van der Waals surface area contributed by atoms with Gasteiger partial charge >= 0.3 is 20.5 Å². The quantitative estimate of drug-likeness (QED) is 0.122. The Morgan fingerprint density at radius 3 is 1.06 bits per heavy atom. The first-order chi connectivity index (χ1) is 43.0. The van der Waals surface area contributed by atoms with Gasteiger partial charge in [0.05, 0.1) is 38.2 Å². The molecule has 6 aromatic carbocycles. The second kappa shape index (κ2) is 24.6. The largest absolute Gasteiger partial charge is 0.406 e. The summed E-state index contributed by atoms with van der Waals surface area (Å²) in [6.45, 7) is 45.2. The lowest BCUT2D eigenvalue weighted by atomic mass is 9.47. The van der Waals surface area contributed by atoms with Gasteiger partial charge in [-0.1, -0.05) is 217 Å². The molecule has 0 saturated heterocycles. The third-order valence-corrected chi connectivity index (χ3v) is 19.2. The van der Waals surface area contributed by atoms with Gasteiger partial charge in [0.25, 0.3) is 17.5 Å². The number of rotatable bonds is 6. The normalized spacial score (nSPS) is 15.4. The topological polar surface area (TPSA) is 21.4 Å². The Hall–Kier alpha value is -7.64.